The van der Waals surface area contributed by atoms with Crippen molar-refractivity contribution in [1.82, 2.24) is 5.43 Å². The van der Waals surface area contributed by atoms with E-state index in [1.54, 1.807) is 0 Å². The van der Waals surface area contributed by atoms with Crippen LogP contribution in [0.4, 0.5) is 5.69 Å². The second kappa shape index (κ2) is 3.92. The molecule has 60 valence electrons. The molecule has 0 radical (unpaired) electrons. The Labute approximate surface area is 65.5 Å². The van der Waals surface area contributed by atoms with Crippen molar-refractivity contribution in [3.05, 3.63) is 29.8 Å². The molecule has 0 unspecified atom stereocenters. The molecule has 0 aliphatic rings. The molecule has 0 amide bonds. The minimum Gasteiger partial charge on any atom is -0.324 e. The highest BCUT2D eigenvalue weighted by atomic mass is 15.2. The van der Waals surface area contributed by atoms with Crippen LogP contribution in [0.25, 0.3) is 0 Å². The first-order valence-corrected chi connectivity index (χ1v) is 3.36. The second-order valence-corrected chi connectivity index (χ2v) is 2.18. The average molecular weight is 152 g/mol. The van der Waals surface area contributed by atoms with Crippen LogP contribution >= 0.6 is 0 Å². The molecule has 0 atom stereocenters. The highest BCUT2D eigenvalue weighted by molar-refractivity contribution is 5.49. The molecule has 0 aliphatic heterocycles. The molecule has 0 aliphatic carbocycles. The molecule has 4 nitrogen and oxygen atoms in total. The maximum absolute atomic E-state index is 5.26. The first-order chi connectivity index (χ1) is 5.38. The lowest BCUT2D eigenvalue weighted by atomic mass is 10.2. The first kappa shape index (κ1) is 8.00. The highest BCUT2D eigenvalue weighted by Gasteiger charge is 1.96. The number of hydrogen-bond acceptors (Lipinski definition) is 4. The zero-order valence-electron chi connectivity index (χ0n) is 6.17. The zero-order valence-corrected chi connectivity index (χ0v) is 6.17. The van der Waals surface area contributed by atoms with Gasteiger partial charge in [0.1, 0.15) is 0 Å². The smallest absolute Gasteiger partial charge is 0.0530 e. The summed E-state index contributed by atoms with van der Waals surface area (Å²) in [6, 6.07) is 7.70. The fourth-order valence-corrected chi connectivity index (χ4v) is 0.925. The van der Waals surface area contributed by atoms with Crippen LogP contribution < -0.4 is 22.5 Å². The third kappa shape index (κ3) is 1.91. The van der Waals surface area contributed by atoms with Crippen molar-refractivity contribution in [3.8, 4) is 0 Å². The lowest BCUT2D eigenvalue weighted by molar-refractivity contribution is 0.742. The number of para-hydroxylation sites is 1. The molecule has 0 saturated heterocycles. The summed E-state index contributed by atoms with van der Waals surface area (Å²) in [6.45, 7) is 0.611. The van der Waals surface area contributed by atoms with Crippen molar-refractivity contribution < 1.29 is 0 Å². The quantitative estimate of drug-likeness (QED) is 0.361. The summed E-state index contributed by atoms with van der Waals surface area (Å²) in [5, 5.41) is 0. The zero-order chi connectivity index (χ0) is 8.10. The standard InChI is InChI=1S/C7H12N4/c8-10-5-6-3-1-2-4-7(6)11-9/h1-4,10-11H,5,8-9H2. The molecule has 0 aromatic heterocycles. The van der Waals surface area contributed by atoms with Crippen LogP contribution in [-0.2, 0) is 6.54 Å². The molecule has 1 aromatic rings. The van der Waals surface area contributed by atoms with E-state index in [9.17, 15) is 0 Å². The van der Waals surface area contributed by atoms with Crippen LogP contribution in [0.3, 0.4) is 0 Å². The van der Waals surface area contributed by atoms with E-state index in [2.05, 4.69) is 10.9 Å². The van der Waals surface area contributed by atoms with Crippen molar-refractivity contribution in [2.75, 3.05) is 5.43 Å². The second-order valence-electron chi connectivity index (χ2n) is 2.18. The number of benzene rings is 1. The van der Waals surface area contributed by atoms with Gasteiger partial charge in [0.2, 0.25) is 0 Å². The molecule has 0 heterocycles. The molecule has 1 rings (SSSR count). The molecule has 0 bridgehead atoms. The van der Waals surface area contributed by atoms with Crippen LogP contribution in [-0.4, -0.2) is 0 Å². The molecule has 1 aromatic carbocycles. The lowest BCUT2D eigenvalue weighted by Crippen LogP contribution is -2.22. The van der Waals surface area contributed by atoms with Gasteiger partial charge in [0.15, 0.2) is 0 Å². The minimum absolute atomic E-state index is 0.611. The van der Waals surface area contributed by atoms with E-state index in [4.69, 9.17) is 11.7 Å². The summed E-state index contributed by atoms with van der Waals surface area (Å²) >= 11 is 0. The minimum atomic E-state index is 0.611. The Morgan fingerprint density at radius 1 is 1.18 bits per heavy atom. The molecule has 6 N–H and O–H groups in total. The van der Waals surface area contributed by atoms with E-state index in [1.807, 2.05) is 24.3 Å². The van der Waals surface area contributed by atoms with Crippen LogP contribution in [0.5, 0.6) is 0 Å². The Hall–Kier alpha value is -1.10. The van der Waals surface area contributed by atoms with E-state index in [0.717, 1.165) is 11.3 Å². The van der Waals surface area contributed by atoms with Crippen LogP contribution in [0.15, 0.2) is 24.3 Å². The van der Waals surface area contributed by atoms with E-state index in [-0.39, 0.29) is 0 Å². The van der Waals surface area contributed by atoms with E-state index >= 15 is 0 Å². The number of nitrogen functional groups attached to an aromatic ring is 1. The van der Waals surface area contributed by atoms with Gasteiger partial charge >= 0.3 is 0 Å². The molecule has 0 saturated carbocycles. The summed E-state index contributed by atoms with van der Waals surface area (Å²) in [4.78, 5) is 0. The lowest BCUT2D eigenvalue weighted by Gasteiger charge is -2.06. The van der Waals surface area contributed by atoms with Gasteiger partial charge in [0.05, 0.1) is 5.69 Å². The first-order valence-electron chi connectivity index (χ1n) is 3.36. The van der Waals surface area contributed by atoms with Crippen LogP contribution in [0.2, 0.25) is 0 Å². The Morgan fingerprint density at radius 2 is 1.91 bits per heavy atom. The van der Waals surface area contributed by atoms with E-state index in [0.29, 0.717) is 6.54 Å². The maximum atomic E-state index is 5.26. The molecule has 4 heteroatoms. The third-order valence-electron chi connectivity index (χ3n) is 1.47. The van der Waals surface area contributed by atoms with Gasteiger partial charge in [-0.2, -0.15) is 0 Å². The predicted molar refractivity (Wildman–Crippen MR) is 45.3 cm³/mol. The fourth-order valence-electron chi connectivity index (χ4n) is 0.925. The summed E-state index contributed by atoms with van der Waals surface area (Å²) in [6.07, 6.45) is 0. The molecule has 11 heavy (non-hydrogen) atoms. The van der Waals surface area contributed by atoms with Gasteiger partial charge in [0.25, 0.3) is 0 Å². The van der Waals surface area contributed by atoms with Gasteiger partial charge in [-0.25, -0.2) is 0 Å². The number of rotatable bonds is 3. The predicted octanol–water partition coefficient (Wildman–Crippen LogP) is -0.0645. The van der Waals surface area contributed by atoms with Crippen molar-refractivity contribution in [1.29, 1.82) is 0 Å². The van der Waals surface area contributed by atoms with Gasteiger partial charge in [-0.1, -0.05) is 18.2 Å². The average Bonchev–Trinajstić information content (AvgIpc) is 2.06. The summed E-state index contributed by atoms with van der Waals surface area (Å²) < 4.78 is 0. The van der Waals surface area contributed by atoms with Gasteiger partial charge in [0, 0.05) is 6.54 Å². The number of hydrazine groups is 2. The SMILES string of the molecule is NNCc1ccccc1NN. The number of nitrogens with one attached hydrogen (secondary N) is 2. The van der Waals surface area contributed by atoms with Crippen molar-refractivity contribution >= 4 is 5.69 Å². The van der Waals surface area contributed by atoms with Crippen LogP contribution in [0.1, 0.15) is 5.56 Å². The van der Waals surface area contributed by atoms with Crippen LogP contribution in [0, 0.1) is 0 Å². The van der Waals surface area contributed by atoms with E-state index in [1.165, 1.54) is 0 Å². The highest BCUT2D eigenvalue weighted by Crippen LogP contribution is 2.11. The van der Waals surface area contributed by atoms with Gasteiger partial charge < -0.3 is 5.43 Å². The number of anilines is 1. The number of nitrogens with two attached hydrogens (primary N) is 2. The van der Waals surface area contributed by atoms with E-state index < -0.39 is 0 Å². The normalized spacial score (nSPS) is 9.64. The Kier molecular flexibility index (Phi) is 2.85. The Bertz CT molecular complexity index is 223. The fraction of sp³-hybridized carbons (Fsp3) is 0.143. The summed E-state index contributed by atoms with van der Waals surface area (Å²) in [5.41, 5.74) is 7.10. The van der Waals surface area contributed by atoms with Gasteiger partial charge in [-0.3, -0.25) is 17.1 Å². The summed E-state index contributed by atoms with van der Waals surface area (Å²) in [7, 11) is 0. The van der Waals surface area contributed by atoms with Crippen molar-refractivity contribution in [2.24, 2.45) is 11.7 Å². The van der Waals surface area contributed by atoms with Crippen molar-refractivity contribution in [2.45, 2.75) is 6.54 Å². The largest absolute Gasteiger partial charge is 0.324 e. The summed E-state index contributed by atoms with van der Waals surface area (Å²) in [5.74, 6) is 10.4. The van der Waals surface area contributed by atoms with Crippen molar-refractivity contribution in [3.63, 3.8) is 0 Å². The molecule has 0 spiro atoms. The third-order valence-corrected chi connectivity index (χ3v) is 1.47. The molecule has 0 fully saturated rings. The molecular formula is C7H12N4. The van der Waals surface area contributed by atoms with Gasteiger partial charge in [-0.05, 0) is 11.6 Å². The Morgan fingerprint density at radius 3 is 2.55 bits per heavy atom. The molecular weight excluding hydrogens is 140 g/mol. The number of hydrogen-bond donors (Lipinski definition) is 4. The Balaban J connectivity index is 2.83. The van der Waals surface area contributed by atoms with Gasteiger partial charge in [-0.15, -0.1) is 0 Å². The topological polar surface area (TPSA) is 76.1 Å². The maximum Gasteiger partial charge on any atom is 0.0530 e. The monoisotopic (exact) mass is 152 g/mol.